The van der Waals surface area contributed by atoms with E-state index in [1.54, 1.807) is 70.1 Å². The van der Waals surface area contributed by atoms with Crippen LogP contribution in [0.2, 0.25) is 0 Å². The average Bonchev–Trinajstić information content (AvgIpc) is 3.61. The molecule has 4 rings (SSSR count). The van der Waals surface area contributed by atoms with Crippen molar-refractivity contribution in [1.29, 1.82) is 0 Å². The van der Waals surface area contributed by atoms with Crippen LogP contribution in [0, 0.1) is 5.92 Å². The number of aryl methyl sites for hydroxylation is 1. The monoisotopic (exact) mass is 545 g/mol. The predicted octanol–water partition coefficient (Wildman–Crippen LogP) is 1.31. The molecule has 3 aromatic rings. The van der Waals surface area contributed by atoms with E-state index in [1.807, 2.05) is 6.92 Å². The minimum Gasteiger partial charge on any atom is -0.394 e. The van der Waals surface area contributed by atoms with Crippen molar-refractivity contribution in [1.82, 2.24) is 34.0 Å². The molecule has 0 saturated carbocycles. The minimum atomic E-state index is -3.82. The molecular formula is C25H35N7O5S. The maximum Gasteiger partial charge on any atom is 0.242 e. The lowest BCUT2D eigenvalue weighted by Gasteiger charge is -2.35. The highest BCUT2D eigenvalue weighted by atomic mass is 32.2. The Bertz CT molecular complexity index is 1290. The number of ether oxygens (including phenoxy) is 1. The average molecular weight is 546 g/mol. The molecule has 2 aromatic heterocycles. The summed E-state index contributed by atoms with van der Waals surface area (Å²) < 4.78 is 37.8. The van der Waals surface area contributed by atoms with Crippen molar-refractivity contribution in [3.05, 3.63) is 54.6 Å². The van der Waals surface area contributed by atoms with Gasteiger partial charge >= 0.3 is 0 Å². The molecule has 1 amide bonds. The van der Waals surface area contributed by atoms with Crippen molar-refractivity contribution in [2.75, 3.05) is 26.7 Å². The van der Waals surface area contributed by atoms with Gasteiger partial charge in [0, 0.05) is 51.4 Å². The second-order valence-corrected chi connectivity index (χ2v) is 11.7. The summed E-state index contributed by atoms with van der Waals surface area (Å²) in [5.41, 5.74) is 1.51. The number of benzene rings is 1. The Labute approximate surface area is 222 Å². The van der Waals surface area contributed by atoms with Crippen molar-refractivity contribution in [2.45, 2.75) is 56.9 Å². The van der Waals surface area contributed by atoms with Gasteiger partial charge in [-0.3, -0.25) is 4.79 Å². The molecule has 1 aliphatic heterocycles. The fourth-order valence-corrected chi connectivity index (χ4v) is 5.65. The highest BCUT2D eigenvalue weighted by Gasteiger charge is 2.31. The smallest absolute Gasteiger partial charge is 0.242 e. The number of carbonyl (C=O) groups is 1. The standard InChI is InChI=1S/C25H35N7O5S/c1-19-15-30(20(2)17-33)25(34)6-4-12-32-22(14-26-28-32)18-37-24(19)16-29(3)38(35,36)23-9-7-21(8-10-23)31-13-5-11-27-31/h5,7-11,13-14,19-20,24,33H,4,6,12,15-18H2,1-3H3/t19-,20-,24-/m1/s1. The number of hydrogen-bond donors (Lipinski definition) is 1. The van der Waals surface area contributed by atoms with Crippen LogP contribution in [0.5, 0.6) is 0 Å². The minimum absolute atomic E-state index is 0.0709. The van der Waals surface area contributed by atoms with Gasteiger partial charge in [-0.2, -0.15) is 9.40 Å². The summed E-state index contributed by atoms with van der Waals surface area (Å²) in [5, 5.41) is 22.0. The van der Waals surface area contributed by atoms with Crippen LogP contribution in [-0.2, 0) is 32.7 Å². The van der Waals surface area contributed by atoms with E-state index in [2.05, 4.69) is 15.4 Å². The van der Waals surface area contributed by atoms with Gasteiger partial charge in [-0.15, -0.1) is 5.10 Å². The number of fused-ring (bicyclic) bond motifs is 1. The summed E-state index contributed by atoms with van der Waals surface area (Å²) in [7, 11) is -2.30. The van der Waals surface area contributed by atoms with Crippen molar-refractivity contribution in [2.24, 2.45) is 5.92 Å². The number of sulfonamides is 1. The van der Waals surface area contributed by atoms with Gasteiger partial charge in [-0.05, 0) is 43.7 Å². The normalized spacial score (nSPS) is 20.6. The lowest BCUT2D eigenvalue weighted by Crippen LogP contribution is -2.47. The molecule has 12 nitrogen and oxygen atoms in total. The van der Waals surface area contributed by atoms with Crippen LogP contribution in [0.4, 0.5) is 0 Å². The number of hydrogen-bond acceptors (Lipinski definition) is 8. The number of likely N-dealkylation sites (N-methyl/N-ethyl adjacent to an activating group) is 1. The second-order valence-electron chi connectivity index (χ2n) is 9.69. The fraction of sp³-hybridized carbons (Fsp3) is 0.520. The van der Waals surface area contributed by atoms with Gasteiger partial charge in [0.25, 0.3) is 0 Å². The highest BCUT2D eigenvalue weighted by molar-refractivity contribution is 7.89. The molecule has 0 fully saturated rings. The van der Waals surface area contributed by atoms with Crippen molar-refractivity contribution in [3.8, 4) is 5.69 Å². The zero-order valence-corrected chi connectivity index (χ0v) is 22.7. The summed E-state index contributed by atoms with van der Waals surface area (Å²) in [5.74, 6) is -0.297. The lowest BCUT2D eigenvalue weighted by molar-refractivity contribution is -0.136. The molecule has 0 bridgehead atoms. The van der Waals surface area contributed by atoms with Gasteiger partial charge < -0.3 is 14.7 Å². The number of amides is 1. The fourth-order valence-electron chi connectivity index (χ4n) is 4.47. The Balaban J connectivity index is 1.56. The van der Waals surface area contributed by atoms with Gasteiger partial charge in [0.15, 0.2) is 0 Å². The van der Waals surface area contributed by atoms with Crippen molar-refractivity contribution < 1.29 is 23.1 Å². The zero-order valence-electron chi connectivity index (χ0n) is 21.9. The van der Waals surface area contributed by atoms with E-state index in [0.717, 1.165) is 11.4 Å². The van der Waals surface area contributed by atoms with Gasteiger partial charge in [0.05, 0.1) is 47.8 Å². The van der Waals surface area contributed by atoms with E-state index in [-0.39, 0.29) is 42.5 Å². The molecule has 3 atom stereocenters. The van der Waals surface area contributed by atoms with Crippen LogP contribution in [-0.4, -0.2) is 92.3 Å². The van der Waals surface area contributed by atoms with Crippen LogP contribution in [0.1, 0.15) is 32.4 Å². The molecule has 206 valence electrons. The van der Waals surface area contributed by atoms with E-state index < -0.39 is 16.1 Å². The first-order valence-corrected chi connectivity index (χ1v) is 14.1. The van der Waals surface area contributed by atoms with Gasteiger partial charge in [-0.25, -0.2) is 17.8 Å². The number of aliphatic hydroxyl groups is 1. The Morgan fingerprint density at radius 1 is 1.26 bits per heavy atom. The van der Waals surface area contributed by atoms with Gasteiger partial charge in [-0.1, -0.05) is 12.1 Å². The molecule has 3 heterocycles. The van der Waals surface area contributed by atoms with E-state index >= 15 is 0 Å². The van der Waals surface area contributed by atoms with Crippen LogP contribution < -0.4 is 0 Å². The van der Waals surface area contributed by atoms with Gasteiger partial charge in [0.1, 0.15) is 0 Å². The van der Waals surface area contributed by atoms with E-state index in [0.29, 0.717) is 25.9 Å². The van der Waals surface area contributed by atoms with Crippen LogP contribution in [0.15, 0.2) is 53.8 Å². The largest absolute Gasteiger partial charge is 0.394 e. The summed E-state index contributed by atoms with van der Waals surface area (Å²) in [6.07, 6.45) is 5.41. The third-order valence-electron chi connectivity index (χ3n) is 6.89. The molecule has 0 spiro atoms. The zero-order chi connectivity index (χ0) is 27.3. The summed E-state index contributed by atoms with van der Waals surface area (Å²) in [4.78, 5) is 14.8. The lowest BCUT2D eigenvalue weighted by atomic mass is 10.0. The van der Waals surface area contributed by atoms with Crippen molar-refractivity contribution in [3.63, 3.8) is 0 Å². The van der Waals surface area contributed by atoms with Crippen LogP contribution >= 0.6 is 0 Å². The molecular weight excluding hydrogens is 510 g/mol. The van der Waals surface area contributed by atoms with Crippen LogP contribution in [0.3, 0.4) is 0 Å². The SMILES string of the molecule is C[C@@H]1CN([C@H](C)CO)C(=O)CCCn2nncc2CO[C@@H]1CN(C)S(=O)(=O)c1ccc(-n2cccn2)cc1. The number of rotatable bonds is 7. The molecule has 0 aliphatic carbocycles. The first-order valence-electron chi connectivity index (χ1n) is 12.7. The summed E-state index contributed by atoms with van der Waals surface area (Å²) in [6, 6.07) is 7.95. The Morgan fingerprint density at radius 3 is 2.71 bits per heavy atom. The molecule has 1 aromatic carbocycles. The summed E-state index contributed by atoms with van der Waals surface area (Å²) >= 11 is 0. The van der Waals surface area contributed by atoms with Gasteiger partial charge in [0.2, 0.25) is 15.9 Å². The highest BCUT2D eigenvalue weighted by Crippen LogP contribution is 2.22. The molecule has 1 aliphatic rings. The maximum atomic E-state index is 13.4. The molecule has 1 N–H and O–H groups in total. The Hall–Kier alpha value is -3.13. The number of nitrogens with zero attached hydrogens (tertiary/aromatic N) is 7. The summed E-state index contributed by atoms with van der Waals surface area (Å²) in [6.45, 7) is 4.67. The second kappa shape index (κ2) is 12.2. The molecule has 38 heavy (non-hydrogen) atoms. The number of carbonyl (C=O) groups excluding carboxylic acids is 1. The van der Waals surface area contributed by atoms with Crippen molar-refractivity contribution >= 4 is 15.9 Å². The first-order chi connectivity index (χ1) is 18.2. The molecule has 0 radical (unpaired) electrons. The Kier molecular flexibility index (Phi) is 8.92. The topological polar surface area (TPSA) is 136 Å². The van der Waals surface area contributed by atoms with E-state index in [1.165, 1.54) is 11.4 Å². The first kappa shape index (κ1) is 27.9. The quantitative estimate of drug-likeness (QED) is 0.469. The maximum absolute atomic E-state index is 13.4. The van der Waals surface area contributed by atoms with E-state index in [4.69, 9.17) is 4.74 Å². The molecule has 0 unspecified atom stereocenters. The number of aliphatic hydroxyl groups excluding tert-OH is 1. The van der Waals surface area contributed by atoms with Crippen LogP contribution in [0.25, 0.3) is 5.69 Å². The molecule has 13 heteroatoms. The third kappa shape index (κ3) is 6.29. The number of aromatic nitrogens is 5. The molecule has 0 saturated heterocycles. The van der Waals surface area contributed by atoms with E-state index in [9.17, 15) is 18.3 Å². The third-order valence-corrected chi connectivity index (χ3v) is 8.73. The predicted molar refractivity (Wildman–Crippen MR) is 139 cm³/mol. The Morgan fingerprint density at radius 2 is 2.03 bits per heavy atom.